The molecular weight excluding hydrogens is 192 g/mol. The Morgan fingerprint density at radius 3 is 2.87 bits per heavy atom. The third-order valence-corrected chi connectivity index (χ3v) is 2.07. The molecule has 15 heavy (non-hydrogen) atoms. The van der Waals surface area contributed by atoms with Gasteiger partial charge in [-0.3, -0.25) is 4.79 Å². The molecule has 0 atom stereocenters. The van der Waals surface area contributed by atoms with Crippen molar-refractivity contribution in [1.82, 2.24) is 19.7 Å². The predicted molar refractivity (Wildman–Crippen MR) is 56.1 cm³/mol. The molecule has 0 fully saturated rings. The summed E-state index contributed by atoms with van der Waals surface area (Å²) in [6.07, 6.45) is 3.14. The number of pyridine rings is 1. The van der Waals surface area contributed by atoms with Gasteiger partial charge in [-0.15, -0.1) is 0 Å². The highest BCUT2D eigenvalue weighted by Gasteiger charge is 2.07. The van der Waals surface area contributed by atoms with Crippen LogP contribution in [0, 0.1) is 0 Å². The number of aromatic nitrogens is 4. The maximum atomic E-state index is 11.5. The zero-order chi connectivity index (χ0) is 10.8. The SMILES string of the molecule is CC(C)c1ncn(-c2ccc[nH]c2=O)n1. The Balaban J connectivity index is 2.47. The lowest BCUT2D eigenvalue weighted by Gasteiger charge is -1.98. The van der Waals surface area contributed by atoms with Gasteiger partial charge in [0, 0.05) is 12.1 Å². The van der Waals surface area contributed by atoms with Crippen LogP contribution in [-0.4, -0.2) is 19.7 Å². The lowest BCUT2D eigenvalue weighted by atomic mass is 10.2. The molecule has 0 aliphatic heterocycles. The Hall–Kier alpha value is -1.91. The summed E-state index contributed by atoms with van der Waals surface area (Å²) >= 11 is 0. The highest BCUT2D eigenvalue weighted by atomic mass is 16.1. The summed E-state index contributed by atoms with van der Waals surface area (Å²) in [6, 6.07) is 3.46. The molecule has 2 rings (SSSR count). The minimum absolute atomic E-state index is 0.169. The maximum absolute atomic E-state index is 11.5. The Morgan fingerprint density at radius 2 is 2.27 bits per heavy atom. The van der Waals surface area contributed by atoms with Crippen LogP contribution < -0.4 is 5.56 Å². The van der Waals surface area contributed by atoms with E-state index in [0.29, 0.717) is 5.69 Å². The molecule has 2 aromatic rings. The van der Waals surface area contributed by atoms with Gasteiger partial charge in [-0.2, -0.15) is 5.10 Å². The standard InChI is InChI=1S/C10H12N4O/c1-7(2)9-12-6-14(13-9)8-4-3-5-11-10(8)15/h3-7H,1-2H3,(H,11,15). The lowest BCUT2D eigenvalue weighted by molar-refractivity contribution is 0.750. The van der Waals surface area contributed by atoms with E-state index in [1.807, 2.05) is 13.8 Å². The minimum atomic E-state index is -0.169. The van der Waals surface area contributed by atoms with Gasteiger partial charge >= 0.3 is 0 Å². The van der Waals surface area contributed by atoms with E-state index in [2.05, 4.69) is 15.1 Å². The van der Waals surface area contributed by atoms with Gasteiger partial charge < -0.3 is 4.98 Å². The molecule has 1 N–H and O–H groups in total. The summed E-state index contributed by atoms with van der Waals surface area (Å²) in [4.78, 5) is 18.2. The van der Waals surface area contributed by atoms with Crippen LogP contribution >= 0.6 is 0 Å². The first kappa shape index (κ1) is 9.64. The molecular formula is C10H12N4O. The topological polar surface area (TPSA) is 63.6 Å². The molecule has 2 aromatic heterocycles. The van der Waals surface area contributed by atoms with E-state index in [9.17, 15) is 4.79 Å². The fourth-order valence-electron chi connectivity index (χ4n) is 1.25. The molecule has 0 aromatic carbocycles. The van der Waals surface area contributed by atoms with Crippen LogP contribution in [0.15, 0.2) is 29.5 Å². The summed E-state index contributed by atoms with van der Waals surface area (Å²) < 4.78 is 1.49. The van der Waals surface area contributed by atoms with Crippen LogP contribution in [0.5, 0.6) is 0 Å². The van der Waals surface area contributed by atoms with Gasteiger partial charge in [0.05, 0.1) is 0 Å². The largest absolute Gasteiger partial charge is 0.327 e. The van der Waals surface area contributed by atoms with E-state index in [4.69, 9.17) is 0 Å². The number of nitrogens with zero attached hydrogens (tertiary/aromatic N) is 3. The first-order chi connectivity index (χ1) is 7.18. The van der Waals surface area contributed by atoms with Gasteiger partial charge in [0.15, 0.2) is 5.82 Å². The van der Waals surface area contributed by atoms with Crippen molar-refractivity contribution in [2.24, 2.45) is 0 Å². The molecule has 5 nitrogen and oxygen atoms in total. The molecule has 0 spiro atoms. The van der Waals surface area contributed by atoms with Gasteiger partial charge in [0.1, 0.15) is 12.0 Å². The molecule has 0 aliphatic carbocycles. The minimum Gasteiger partial charge on any atom is -0.327 e. The number of hydrogen-bond acceptors (Lipinski definition) is 3. The predicted octanol–water partition coefficient (Wildman–Crippen LogP) is 1.08. The number of nitrogens with one attached hydrogen (secondary N) is 1. The van der Waals surface area contributed by atoms with Gasteiger partial charge in [-0.1, -0.05) is 13.8 Å². The Morgan fingerprint density at radius 1 is 1.47 bits per heavy atom. The van der Waals surface area contributed by atoms with Gasteiger partial charge in [-0.05, 0) is 12.1 Å². The summed E-state index contributed by atoms with van der Waals surface area (Å²) in [5.41, 5.74) is 0.314. The fourth-order valence-corrected chi connectivity index (χ4v) is 1.25. The molecule has 5 heteroatoms. The number of hydrogen-bond donors (Lipinski definition) is 1. The maximum Gasteiger partial charge on any atom is 0.273 e. The zero-order valence-electron chi connectivity index (χ0n) is 8.64. The van der Waals surface area contributed by atoms with E-state index >= 15 is 0 Å². The second kappa shape index (κ2) is 3.68. The van der Waals surface area contributed by atoms with Crippen molar-refractivity contribution < 1.29 is 0 Å². The molecule has 0 bridgehead atoms. The first-order valence-electron chi connectivity index (χ1n) is 4.78. The van der Waals surface area contributed by atoms with Crippen LogP contribution in [0.2, 0.25) is 0 Å². The Labute approximate surface area is 86.8 Å². The normalized spacial score (nSPS) is 10.9. The molecule has 0 saturated carbocycles. The molecule has 0 saturated heterocycles. The molecule has 0 amide bonds. The van der Waals surface area contributed by atoms with Crippen LogP contribution in [0.4, 0.5) is 0 Å². The average Bonchev–Trinajstić information content (AvgIpc) is 2.67. The van der Waals surface area contributed by atoms with Crippen molar-refractivity contribution in [3.05, 3.63) is 40.8 Å². The fraction of sp³-hybridized carbons (Fsp3) is 0.300. The van der Waals surface area contributed by atoms with Crippen molar-refractivity contribution in [1.29, 1.82) is 0 Å². The van der Waals surface area contributed by atoms with E-state index in [1.54, 1.807) is 24.7 Å². The molecule has 78 valence electrons. The molecule has 0 radical (unpaired) electrons. The summed E-state index contributed by atoms with van der Waals surface area (Å²) in [7, 11) is 0. The molecule has 0 aliphatic rings. The second-order valence-electron chi connectivity index (χ2n) is 3.59. The van der Waals surface area contributed by atoms with E-state index in [-0.39, 0.29) is 11.5 Å². The number of rotatable bonds is 2. The van der Waals surface area contributed by atoms with E-state index in [0.717, 1.165) is 5.82 Å². The van der Waals surface area contributed by atoms with E-state index < -0.39 is 0 Å². The summed E-state index contributed by atoms with van der Waals surface area (Å²) in [5, 5.41) is 4.23. The van der Waals surface area contributed by atoms with Crippen LogP contribution in [0.1, 0.15) is 25.6 Å². The van der Waals surface area contributed by atoms with Crippen molar-refractivity contribution >= 4 is 0 Å². The Kier molecular flexibility index (Phi) is 2.37. The van der Waals surface area contributed by atoms with Crippen molar-refractivity contribution in [3.8, 4) is 5.69 Å². The van der Waals surface area contributed by atoms with Gasteiger partial charge in [0.2, 0.25) is 0 Å². The number of aromatic amines is 1. The molecule has 2 heterocycles. The van der Waals surface area contributed by atoms with E-state index in [1.165, 1.54) is 4.68 Å². The van der Waals surface area contributed by atoms with Crippen molar-refractivity contribution in [2.45, 2.75) is 19.8 Å². The third kappa shape index (κ3) is 1.81. The summed E-state index contributed by atoms with van der Waals surface area (Å²) in [5.74, 6) is 0.993. The van der Waals surface area contributed by atoms with Crippen LogP contribution in [0.25, 0.3) is 5.69 Å². The summed E-state index contributed by atoms with van der Waals surface area (Å²) in [6.45, 7) is 4.02. The lowest BCUT2D eigenvalue weighted by Crippen LogP contribution is -2.13. The van der Waals surface area contributed by atoms with Gasteiger partial charge in [0.25, 0.3) is 5.56 Å². The van der Waals surface area contributed by atoms with Gasteiger partial charge in [-0.25, -0.2) is 9.67 Å². The second-order valence-corrected chi connectivity index (χ2v) is 3.59. The average molecular weight is 204 g/mol. The van der Waals surface area contributed by atoms with Crippen molar-refractivity contribution in [2.75, 3.05) is 0 Å². The van der Waals surface area contributed by atoms with Crippen LogP contribution in [0.3, 0.4) is 0 Å². The zero-order valence-corrected chi connectivity index (χ0v) is 8.64. The molecule has 0 unspecified atom stereocenters. The monoisotopic (exact) mass is 204 g/mol. The third-order valence-electron chi connectivity index (χ3n) is 2.07. The quantitative estimate of drug-likeness (QED) is 0.796. The highest BCUT2D eigenvalue weighted by molar-refractivity contribution is 5.25. The van der Waals surface area contributed by atoms with Crippen LogP contribution in [-0.2, 0) is 0 Å². The highest BCUT2D eigenvalue weighted by Crippen LogP contribution is 2.08. The van der Waals surface area contributed by atoms with Crippen molar-refractivity contribution in [3.63, 3.8) is 0 Å². The number of H-pyrrole nitrogens is 1. The Bertz CT molecular complexity index is 512. The first-order valence-corrected chi connectivity index (χ1v) is 4.78. The smallest absolute Gasteiger partial charge is 0.273 e.